The minimum atomic E-state index is -2.94. The molecule has 1 aromatic heterocycles. The van der Waals surface area contributed by atoms with E-state index in [1.807, 2.05) is 4.90 Å². The number of fused-ring (bicyclic) bond motifs is 3. The molecule has 0 bridgehead atoms. The van der Waals surface area contributed by atoms with Crippen molar-refractivity contribution in [3.05, 3.63) is 46.3 Å². The standard InChI is InChI=1S/C20H24N2O3S2/c1-27(24,25)13-12-21-8-10-22(11-9-21)20(23)18-14-16-7-6-15-4-2-3-5-17(15)19(16)26-18/h2-5,14H,6-13H2,1H3. The van der Waals surface area contributed by atoms with E-state index < -0.39 is 9.84 Å². The number of carbonyl (C=O) groups is 1. The summed E-state index contributed by atoms with van der Waals surface area (Å²) in [6.07, 6.45) is 3.30. The van der Waals surface area contributed by atoms with Gasteiger partial charge in [-0.25, -0.2) is 8.42 Å². The number of piperazine rings is 1. The molecule has 144 valence electrons. The van der Waals surface area contributed by atoms with Gasteiger partial charge < -0.3 is 4.90 Å². The fourth-order valence-electron chi connectivity index (χ4n) is 3.80. The van der Waals surface area contributed by atoms with Crippen LogP contribution in [0, 0.1) is 0 Å². The van der Waals surface area contributed by atoms with Gasteiger partial charge in [0.15, 0.2) is 0 Å². The second-order valence-corrected chi connectivity index (χ2v) is 10.7. The highest BCUT2D eigenvalue weighted by Crippen LogP contribution is 2.39. The van der Waals surface area contributed by atoms with Crippen molar-refractivity contribution in [3.63, 3.8) is 0 Å². The Bertz CT molecular complexity index is 957. The van der Waals surface area contributed by atoms with E-state index in [0.29, 0.717) is 19.6 Å². The average molecular weight is 405 g/mol. The Balaban J connectivity index is 1.43. The summed E-state index contributed by atoms with van der Waals surface area (Å²) in [6, 6.07) is 10.5. The maximum Gasteiger partial charge on any atom is 0.264 e. The average Bonchev–Trinajstić information content (AvgIpc) is 3.10. The summed E-state index contributed by atoms with van der Waals surface area (Å²) in [4.78, 5) is 19.1. The van der Waals surface area contributed by atoms with Gasteiger partial charge in [-0.1, -0.05) is 24.3 Å². The lowest BCUT2D eigenvalue weighted by molar-refractivity contribution is 0.0649. The molecule has 0 atom stereocenters. The summed E-state index contributed by atoms with van der Waals surface area (Å²) in [5, 5.41) is 0. The number of aryl methyl sites for hydroxylation is 2. The van der Waals surface area contributed by atoms with Gasteiger partial charge >= 0.3 is 0 Å². The summed E-state index contributed by atoms with van der Waals surface area (Å²) in [5.41, 5.74) is 3.92. The van der Waals surface area contributed by atoms with E-state index in [-0.39, 0.29) is 11.7 Å². The molecular formula is C20H24N2O3S2. The SMILES string of the molecule is CS(=O)(=O)CCN1CCN(C(=O)c2cc3c(s2)-c2ccccc2CC3)CC1. The summed E-state index contributed by atoms with van der Waals surface area (Å²) < 4.78 is 22.7. The molecule has 4 rings (SSSR count). The van der Waals surface area contributed by atoms with Crippen molar-refractivity contribution < 1.29 is 13.2 Å². The third-order valence-corrected chi connectivity index (χ3v) is 7.51. The van der Waals surface area contributed by atoms with Gasteiger partial charge in [0.2, 0.25) is 0 Å². The molecule has 0 radical (unpaired) electrons. The first-order chi connectivity index (χ1) is 12.9. The number of carbonyl (C=O) groups excluding carboxylic acids is 1. The van der Waals surface area contributed by atoms with Crippen molar-refractivity contribution in [2.75, 3.05) is 44.7 Å². The minimum absolute atomic E-state index is 0.106. The maximum atomic E-state index is 13.0. The van der Waals surface area contributed by atoms with E-state index in [1.165, 1.54) is 27.8 Å². The number of amides is 1. The number of nitrogens with zero attached hydrogens (tertiary/aromatic N) is 2. The second-order valence-electron chi connectivity index (χ2n) is 7.39. The largest absolute Gasteiger partial charge is 0.335 e. The normalized spacial score (nSPS) is 17.4. The Hall–Kier alpha value is -1.70. The first-order valence-corrected chi connectivity index (χ1v) is 12.2. The van der Waals surface area contributed by atoms with Gasteiger partial charge in [0.05, 0.1) is 10.6 Å². The Kier molecular flexibility index (Phi) is 5.09. The van der Waals surface area contributed by atoms with E-state index in [4.69, 9.17) is 0 Å². The topological polar surface area (TPSA) is 57.7 Å². The van der Waals surface area contributed by atoms with E-state index in [2.05, 4.69) is 35.2 Å². The monoisotopic (exact) mass is 404 g/mol. The van der Waals surface area contributed by atoms with Gasteiger partial charge in [-0.3, -0.25) is 9.69 Å². The molecule has 1 amide bonds. The molecule has 0 saturated carbocycles. The smallest absolute Gasteiger partial charge is 0.264 e. The van der Waals surface area contributed by atoms with Crippen LogP contribution in [0.3, 0.4) is 0 Å². The van der Waals surface area contributed by atoms with Crippen LogP contribution in [-0.2, 0) is 22.7 Å². The molecule has 7 heteroatoms. The first kappa shape index (κ1) is 18.7. The quantitative estimate of drug-likeness (QED) is 0.785. The fraction of sp³-hybridized carbons (Fsp3) is 0.450. The van der Waals surface area contributed by atoms with Crippen LogP contribution >= 0.6 is 11.3 Å². The van der Waals surface area contributed by atoms with Crippen molar-refractivity contribution in [2.45, 2.75) is 12.8 Å². The molecule has 2 heterocycles. The molecule has 1 fully saturated rings. The predicted octanol–water partition coefficient (Wildman–Crippen LogP) is 2.32. The maximum absolute atomic E-state index is 13.0. The Morgan fingerprint density at radius 2 is 1.78 bits per heavy atom. The van der Waals surface area contributed by atoms with Gasteiger partial charge in [-0.15, -0.1) is 11.3 Å². The van der Waals surface area contributed by atoms with Crippen molar-refractivity contribution in [1.82, 2.24) is 9.80 Å². The van der Waals surface area contributed by atoms with Gasteiger partial charge in [0.25, 0.3) is 5.91 Å². The summed E-state index contributed by atoms with van der Waals surface area (Å²) in [6.45, 7) is 3.32. The Labute approximate surface area is 164 Å². The van der Waals surface area contributed by atoms with Crippen molar-refractivity contribution in [3.8, 4) is 10.4 Å². The van der Waals surface area contributed by atoms with Crippen LogP contribution in [0.2, 0.25) is 0 Å². The third kappa shape index (κ3) is 4.10. The highest BCUT2D eigenvalue weighted by molar-refractivity contribution is 7.90. The zero-order valence-corrected chi connectivity index (χ0v) is 17.1. The molecule has 2 aliphatic rings. The lowest BCUT2D eigenvalue weighted by atomic mass is 9.91. The number of benzene rings is 1. The number of hydrogen-bond acceptors (Lipinski definition) is 5. The number of sulfone groups is 1. The van der Waals surface area contributed by atoms with E-state index >= 15 is 0 Å². The van der Waals surface area contributed by atoms with Crippen LogP contribution in [0.5, 0.6) is 0 Å². The molecule has 1 saturated heterocycles. The lowest BCUT2D eigenvalue weighted by Crippen LogP contribution is -2.49. The van der Waals surface area contributed by atoms with Crippen LogP contribution in [0.25, 0.3) is 10.4 Å². The molecule has 1 aromatic carbocycles. The van der Waals surface area contributed by atoms with E-state index in [1.54, 1.807) is 11.3 Å². The molecule has 1 aliphatic heterocycles. The lowest BCUT2D eigenvalue weighted by Gasteiger charge is -2.34. The van der Waals surface area contributed by atoms with Crippen LogP contribution in [0.15, 0.2) is 30.3 Å². The highest BCUT2D eigenvalue weighted by Gasteiger charge is 2.26. The zero-order valence-electron chi connectivity index (χ0n) is 15.5. The molecule has 27 heavy (non-hydrogen) atoms. The molecule has 1 aliphatic carbocycles. The van der Waals surface area contributed by atoms with Crippen LogP contribution in [0.4, 0.5) is 0 Å². The third-order valence-electron chi connectivity index (χ3n) is 5.38. The van der Waals surface area contributed by atoms with Crippen LogP contribution < -0.4 is 0 Å². The summed E-state index contributed by atoms with van der Waals surface area (Å²) in [7, 11) is -2.94. The van der Waals surface area contributed by atoms with Crippen molar-refractivity contribution >= 4 is 27.1 Å². The number of hydrogen-bond donors (Lipinski definition) is 0. The Morgan fingerprint density at radius 1 is 1.07 bits per heavy atom. The number of thiophene rings is 1. The molecule has 2 aromatic rings. The Morgan fingerprint density at radius 3 is 2.52 bits per heavy atom. The summed E-state index contributed by atoms with van der Waals surface area (Å²) >= 11 is 1.61. The zero-order chi connectivity index (χ0) is 19.0. The predicted molar refractivity (Wildman–Crippen MR) is 109 cm³/mol. The highest BCUT2D eigenvalue weighted by atomic mass is 32.2. The molecule has 0 spiro atoms. The van der Waals surface area contributed by atoms with Crippen LogP contribution in [0.1, 0.15) is 20.8 Å². The molecule has 5 nitrogen and oxygen atoms in total. The van der Waals surface area contributed by atoms with Gasteiger partial charge in [-0.05, 0) is 35.6 Å². The van der Waals surface area contributed by atoms with Crippen molar-refractivity contribution in [1.29, 1.82) is 0 Å². The first-order valence-electron chi connectivity index (χ1n) is 9.31. The van der Waals surface area contributed by atoms with Crippen LogP contribution in [-0.4, -0.2) is 68.9 Å². The molecule has 0 N–H and O–H groups in total. The van der Waals surface area contributed by atoms with E-state index in [0.717, 1.165) is 30.8 Å². The molecular weight excluding hydrogens is 380 g/mol. The van der Waals surface area contributed by atoms with Crippen molar-refractivity contribution in [2.24, 2.45) is 0 Å². The van der Waals surface area contributed by atoms with Gasteiger partial charge in [0.1, 0.15) is 9.84 Å². The minimum Gasteiger partial charge on any atom is -0.335 e. The van der Waals surface area contributed by atoms with E-state index in [9.17, 15) is 13.2 Å². The van der Waals surface area contributed by atoms with Gasteiger partial charge in [0, 0.05) is 43.9 Å². The van der Waals surface area contributed by atoms with Gasteiger partial charge in [-0.2, -0.15) is 0 Å². The number of rotatable bonds is 4. The second kappa shape index (κ2) is 7.37. The molecule has 0 unspecified atom stereocenters. The summed E-state index contributed by atoms with van der Waals surface area (Å²) in [5.74, 6) is 0.285. The fourth-order valence-corrected chi connectivity index (χ4v) is 5.63.